The fraction of sp³-hybridized carbons (Fsp3) is 0.250. The number of carboxylic acids is 1. The van der Waals surface area contributed by atoms with Crippen molar-refractivity contribution in [3.8, 4) is 0 Å². The highest BCUT2D eigenvalue weighted by Gasteiger charge is 2.03. The van der Waals surface area contributed by atoms with E-state index >= 15 is 0 Å². The van der Waals surface area contributed by atoms with Gasteiger partial charge in [-0.1, -0.05) is 6.58 Å². The lowest BCUT2D eigenvalue weighted by Crippen LogP contribution is -2.03. The minimum absolute atomic E-state index is 0.0374. The number of hydrogen-bond donors (Lipinski definition) is 1. The largest absolute Gasteiger partial charge is 0.478 e. The first-order chi connectivity index (χ1) is 5.45. The second-order valence-corrected chi connectivity index (χ2v) is 2.29. The van der Waals surface area contributed by atoms with Gasteiger partial charge < -0.3 is 9.84 Å². The third kappa shape index (κ3) is 3.55. The summed E-state index contributed by atoms with van der Waals surface area (Å²) in [5.74, 6) is -1.75. The van der Waals surface area contributed by atoms with E-state index in [0.717, 1.165) is 6.26 Å². The van der Waals surface area contributed by atoms with Crippen molar-refractivity contribution in [1.82, 2.24) is 0 Å². The molecule has 0 aromatic heterocycles. The maximum atomic E-state index is 10.7. The molecule has 0 atom stereocenters. The standard InChI is InChI=1S/C8H10O4/c1-5(2)8(11)12-4-6(3)7(9)10/h4H,1H2,2-3H3,(H,9,10). The number of hydrogen-bond acceptors (Lipinski definition) is 3. The van der Waals surface area contributed by atoms with E-state index in [1.165, 1.54) is 13.8 Å². The molecule has 12 heavy (non-hydrogen) atoms. The third-order valence-corrected chi connectivity index (χ3v) is 1.03. The van der Waals surface area contributed by atoms with Gasteiger partial charge in [-0.3, -0.25) is 0 Å². The molecule has 4 nitrogen and oxygen atoms in total. The van der Waals surface area contributed by atoms with Crippen LogP contribution in [-0.2, 0) is 14.3 Å². The zero-order valence-corrected chi connectivity index (χ0v) is 6.96. The average molecular weight is 170 g/mol. The summed E-state index contributed by atoms with van der Waals surface area (Å²) in [4.78, 5) is 20.9. The summed E-state index contributed by atoms with van der Waals surface area (Å²) >= 11 is 0. The molecule has 0 heterocycles. The third-order valence-electron chi connectivity index (χ3n) is 1.03. The van der Waals surface area contributed by atoms with Gasteiger partial charge in [0.25, 0.3) is 0 Å². The number of carboxylic acid groups (broad SMARTS) is 1. The number of rotatable bonds is 3. The fourth-order valence-corrected chi connectivity index (χ4v) is 0.293. The van der Waals surface area contributed by atoms with E-state index in [1.54, 1.807) is 0 Å². The molecule has 1 N–H and O–H groups in total. The van der Waals surface area contributed by atoms with Crippen molar-refractivity contribution < 1.29 is 19.4 Å². The zero-order chi connectivity index (χ0) is 9.72. The van der Waals surface area contributed by atoms with Crippen LogP contribution in [0.2, 0.25) is 0 Å². The number of esters is 1. The van der Waals surface area contributed by atoms with Gasteiger partial charge in [-0.05, 0) is 13.8 Å². The van der Waals surface area contributed by atoms with Gasteiger partial charge in [0, 0.05) is 5.57 Å². The number of ether oxygens (including phenoxy) is 1. The van der Waals surface area contributed by atoms with E-state index in [2.05, 4.69) is 11.3 Å². The number of aliphatic carboxylic acids is 1. The van der Waals surface area contributed by atoms with Crippen LogP contribution in [0.3, 0.4) is 0 Å². The van der Waals surface area contributed by atoms with Crippen LogP contribution >= 0.6 is 0 Å². The lowest BCUT2D eigenvalue weighted by Gasteiger charge is -1.97. The predicted octanol–water partition coefficient (Wildman–Crippen LogP) is 1.09. The average Bonchev–Trinajstić information content (AvgIpc) is 1.98. The number of carbonyl (C=O) groups is 2. The molecule has 0 saturated carbocycles. The minimum atomic E-state index is -1.12. The fourth-order valence-electron chi connectivity index (χ4n) is 0.293. The molecular weight excluding hydrogens is 160 g/mol. The Morgan fingerprint density at radius 3 is 2.25 bits per heavy atom. The molecule has 4 heteroatoms. The van der Waals surface area contributed by atoms with E-state index < -0.39 is 11.9 Å². The van der Waals surface area contributed by atoms with E-state index in [0.29, 0.717) is 0 Å². The molecule has 0 rings (SSSR count). The van der Waals surface area contributed by atoms with Crippen molar-refractivity contribution in [3.63, 3.8) is 0 Å². The second-order valence-electron chi connectivity index (χ2n) is 2.29. The smallest absolute Gasteiger partial charge is 0.337 e. The van der Waals surface area contributed by atoms with Gasteiger partial charge in [-0.2, -0.15) is 0 Å². The van der Waals surface area contributed by atoms with E-state index in [9.17, 15) is 9.59 Å². The highest BCUT2D eigenvalue weighted by atomic mass is 16.5. The summed E-state index contributed by atoms with van der Waals surface area (Å²) < 4.78 is 4.45. The first-order valence-electron chi connectivity index (χ1n) is 3.21. The second kappa shape index (κ2) is 4.33. The molecule has 0 aliphatic heterocycles. The monoisotopic (exact) mass is 170 g/mol. The molecular formula is C8H10O4. The molecule has 0 fully saturated rings. The van der Waals surface area contributed by atoms with Crippen LogP contribution in [0.5, 0.6) is 0 Å². The Balaban J connectivity index is 4.14. The van der Waals surface area contributed by atoms with Gasteiger partial charge >= 0.3 is 11.9 Å². The maximum Gasteiger partial charge on any atom is 0.337 e. The first kappa shape index (κ1) is 10.4. The molecule has 0 aromatic carbocycles. The Morgan fingerprint density at radius 1 is 1.42 bits per heavy atom. The van der Waals surface area contributed by atoms with Crippen LogP contribution in [0.1, 0.15) is 13.8 Å². The van der Waals surface area contributed by atoms with Crippen molar-refractivity contribution in [2.75, 3.05) is 0 Å². The van der Waals surface area contributed by atoms with Gasteiger partial charge in [-0.25, -0.2) is 9.59 Å². The SMILES string of the molecule is C=C(C)C(=O)OC=C(C)C(=O)O. The summed E-state index contributed by atoms with van der Waals surface area (Å²) in [6.45, 7) is 6.13. The molecule has 0 saturated heterocycles. The van der Waals surface area contributed by atoms with E-state index in [-0.39, 0.29) is 11.1 Å². The first-order valence-corrected chi connectivity index (χ1v) is 3.21. The summed E-state index contributed by atoms with van der Waals surface area (Å²) in [5.41, 5.74) is 0.189. The molecule has 0 aliphatic rings. The molecule has 66 valence electrons. The van der Waals surface area contributed by atoms with E-state index in [4.69, 9.17) is 5.11 Å². The Bertz CT molecular complexity index is 250. The van der Waals surface area contributed by atoms with Gasteiger partial charge in [0.1, 0.15) is 6.26 Å². The molecule has 0 aromatic rings. The van der Waals surface area contributed by atoms with Crippen molar-refractivity contribution in [2.45, 2.75) is 13.8 Å². The quantitative estimate of drug-likeness (QED) is 0.391. The van der Waals surface area contributed by atoms with E-state index in [1.807, 2.05) is 0 Å². The lowest BCUT2D eigenvalue weighted by atomic mass is 10.3. The normalized spacial score (nSPS) is 10.7. The molecule has 0 bridgehead atoms. The van der Waals surface area contributed by atoms with Crippen LogP contribution in [-0.4, -0.2) is 17.0 Å². The van der Waals surface area contributed by atoms with Crippen LogP contribution < -0.4 is 0 Å². The van der Waals surface area contributed by atoms with Crippen molar-refractivity contribution >= 4 is 11.9 Å². The summed E-state index contributed by atoms with van der Waals surface area (Å²) in [7, 11) is 0. The van der Waals surface area contributed by atoms with Gasteiger partial charge in [-0.15, -0.1) is 0 Å². The highest BCUT2D eigenvalue weighted by Crippen LogP contribution is 1.97. The number of carbonyl (C=O) groups excluding carboxylic acids is 1. The minimum Gasteiger partial charge on any atom is -0.478 e. The molecule has 0 aliphatic carbocycles. The van der Waals surface area contributed by atoms with Crippen LogP contribution in [0.4, 0.5) is 0 Å². The summed E-state index contributed by atoms with van der Waals surface area (Å²) in [6.07, 6.45) is 0.888. The molecule has 0 amide bonds. The van der Waals surface area contributed by atoms with Gasteiger partial charge in [0.15, 0.2) is 0 Å². The van der Waals surface area contributed by atoms with Crippen LogP contribution in [0.15, 0.2) is 24.0 Å². The maximum absolute atomic E-state index is 10.7. The Labute approximate surface area is 70.1 Å². The van der Waals surface area contributed by atoms with Crippen molar-refractivity contribution in [1.29, 1.82) is 0 Å². The summed E-state index contributed by atoms with van der Waals surface area (Å²) in [5, 5.41) is 8.35. The molecule has 0 radical (unpaired) electrons. The van der Waals surface area contributed by atoms with Gasteiger partial charge in [0.2, 0.25) is 0 Å². The Morgan fingerprint density at radius 2 is 1.92 bits per heavy atom. The topological polar surface area (TPSA) is 63.6 Å². The summed E-state index contributed by atoms with van der Waals surface area (Å²) in [6, 6.07) is 0. The molecule has 0 spiro atoms. The zero-order valence-electron chi connectivity index (χ0n) is 6.96. The highest BCUT2D eigenvalue weighted by molar-refractivity contribution is 5.89. The Kier molecular flexibility index (Phi) is 3.76. The Hall–Kier alpha value is -1.58. The van der Waals surface area contributed by atoms with Crippen LogP contribution in [0, 0.1) is 0 Å². The van der Waals surface area contributed by atoms with Gasteiger partial charge in [0.05, 0.1) is 5.57 Å². The van der Waals surface area contributed by atoms with Crippen molar-refractivity contribution in [3.05, 3.63) is 24.0 Å². The predicted molar refractivity (Wildman–Crippen MR) is 42.3 cm³/mol. The molecule has 0 unspecified atom stereocenters. The lowest BCUT2D eigenvalue weighted by molar-refractivity contribution is -0.134. The van der Waals surface area contributed by atoms with Crippen molar-refractivity contribution in [2.24, 2.45) is 0 Å². The van der Waals surface area contributed by atoms with Crippen LogP contribution in [0.25, 0.3) is 0 Å².